The minimum absolute atomic E-state index is 0.121. The Morgan fingerprint density at radius 3 is 2.59 bits per heavy atom. The van der Waals surface area contributed by atoms with E-state index in [1.54, 1.807) is 0 Å². The third kappa shape index (κ3) is 2.37. The van der Waals surface area contributed by atoms with E-state index in [2.05, 4.69) is 10.3 Å². The third-order valence-electron chi connectivity index (χ3n) is 3.86. The van der Waals surface area contributed by atoms with Gasteiger partial charge in [0.25, 0.3) is 5.91 Å². The first kappa shape index (κ1) is 14.3. The van der Waals surface area contributed by atoms with Gasteiger partial charge >= 0.3 is 0 Å². The molecular formula is C18H19N3O. The van der Waals surface area contributed by atoms with Crippen LogP contribution in [0.4, 0.5) is 5.69 Å². The molecule has 1 N–H and O–H groups in total. The Bertz CT molecular complexity index is 849. The Labute approximate surface area is 129 Å². The molecule has 0 fully saturated rings. The number of fused-ring (bicyclic) bond motifs is 1. The highest BCUT2D eigenvalue weighted by atomic mass is 16.2. The molecule has 0 unspecified atom stereocenters. The van der Waals surface area contributed by atoms with Gasteiger partial charge in [0.05, 0.1) is 5.69 Å². The van der Waals surface area contributed by atoms with Crippen molar-refractivity contribution in [3.05, 3.63) is 65.1 Å². The summed E-state index contributed by atoms with van der Waals surface area (Å²) in [5, 5.41) is 3.00. The number of anilines is 1. The van der Waals surface area contributed by atoms with Crippen LogP contribution in [0.5, 0.6) is 0 Å². The highest BCUT2D eigenvalue weighted by molar-refractivity contribution is 6.05. The first-order valence-electron chi connectivity index (χ1n) is 7.45. The molecule has 22 heavy (non-hydrogen) atoms. The lowest BCUT2D eigenvalue weighted by atomic mass is 10.2. The van der Waals surface area contributed by atoms with Crippen LogP contribution >= 0.6 is 0 Å². The molecule has 0 saturated carbocycles. The SMILES string of the molecule is CCc1nc2c(C)cccn2c1C(=O)Nc1ccccc1C. The molecule has 4 nitrogen and oxygen atoms in total. The van der Waals surface area contributed by atoms with Gasteiger partial charge < -0.3 is 5.32 Å². The number of rotatable bonds is 3. The molecule has 0 bridgehead atoms. The molecule has 0 aliphatic rings. The van der Waals surface area contributed by atoms with E-state index >= 15 is 0 Å². The van der Waals surface area contributed by atoms with Crippen molar-refractivity contribution in [3.8, 4) is 0 Å². The number of para-hydroxylation sites is 1. The predicted octanol–water partition coefficient (Wildman–Crippen LogP) is 3.77. The zero-order valence-corrected chi connectivity index (χ0v) is 13.1. The van der Waals surface area contributed by atoms with Crippen LogP contribution in [0.25, 0.3) is 5.65 Å². The van der Waals surface area contributed by atoms with Crippen LogP contribution in [0.3, 0.4) is 0 Å². The molecule has 0 radical (unpaired) electrons. The zero-order valence-electron chi connectivity index (χ0n) is 13.1. The molecule has 1 amide bonds. The van der Waals surface area contributed by atoms with Crippen molar-refractivity contribution in [1.29, 1.82) is 0 Å². The van der Waals surface area contributed by atoms with Gasteiger partial charge in [-0.25, -0.2) is 4.98 Å². The van der Waals surface area contributed by atoms with E-state index in [0.29, 0.717) is 5.69 Å². The number of pyridine rings is 1. The summed E-state index contributed by atoms with van der Waals surface area (Å²) in [7, 11) is 0. The van der Waals surface area contributed by atoms with Crippen molar-refractivity contribution < 1.29 is 4.79 Å². The fourth-order valence-electron chi connectivity index (χ4n) is 2.63. The van der Waals surface area contributed by atoms with Crippen LogP contribution in [-0.2, 0) is 6.42 Å². The number of aromatic nitrogens is 2. The zero-order chi connectivity index (χ0) is 15.7. The fraction of sp³-hybridized carbons (Fsp3) is 0.222. The number of hydrogen-bond donors (Lipinski definition) is 1. The molecule has 0 saturated heterocycles. The third-order valence-corrected chi connectivity index (χ3v) is 3.86. The molecule has 0 aliphatic heterocycles. The average molecular weight is 293 g/mol. The average Bonchev–Trinajstić information content (AvgIpc) is 2.89. The highest BCUT2D eigenvalue weighted by Crippen LogP contribution is 2.19. The van der Waals surface area contributed by atoms with E-state index in [9.17, 15) is 4.79 Å². The number of carbonyl (C=O) groups is 1. The van der Waals surface area contributed by atoms with Crippen LogP contribution in [0.1, 0.15) is 34.2 Å². The van der Waals surface area contributed by atoms with Crippen molar-refractivity contribution in [1.82, 2.24) is 9.38 Å². The van der Waals surface area contributed by atoms with Gasteiger partial charge in [0.15, 0.2) is 0 Å². The van der Waals surface area contributed by atoms with Crippen LogP contribution in [0, 0.1) is 13.8 Å². The Morgan fingerprint density at radius 2 is 1.86 bits per heavy atom. The minimum atomic E-state index is -0.121. The predicted molar refractivity (Wildman–Crippen MR) is 88.4 cm³/mol. The van der Waals surface area contributed by atoms with Gasteiger partial charge in [-0.15, -0.1) is 0 Å². The topological polar surface area (TPSA) is 46.4 Å². The van der Waals surface area contributed by atoms with Gasteiger partial charge in [-0.3, -0.25) is 9.20 Å². The Hall–Kier alpha value is -2.62. The van der Waals surface area contributed by atoms with Gasteiger partial charge in [-0.05, 0) is 43.5 Å². The molecule has 3 aromatic rings. The number of amides is 1. The second-order valence-corrected chi connectivity index (χ2v) is 5.41. The molecule has 3 rings (SSSR count). The largest absolute Gasteiger partial charge is 0.320 e. The monoisotopic (exact) mass is 293 g/mol. The molecular weight excluding hydrogens is 274 g/mol. The first-order valence-corrected chi connectivity index (χ1v) is 7.45. The Kier molecular flexibility index (Phi) is 3.67. The summed E-state index contributed by atoms with van der Waals surface area (Å²) >= 11 is 0. The number of imidazole rings is 1. The van der Waals surface area contributed by atoms with Gasteiger partial charge in [0.1, 0.15) is 11.3 Å². The number of carbonyl (C=O) groups excluding carboxylic acids is 1. The molecule has 112 valence electrons. The lowest BCUT2D eigenvalue weighted by molar-refractivity contribution is 0.102. The quantitative estimate of drug-likeness (QED) is 0.799. The van der Waals surface area contributed by atoms with Crippen LogP contribution in [-0.4, -0.2) is 15.3 Å². The number of benzene rings is 1. The first-order chi connectivity index (χ1) is 10.6. The van der Waals surface area contributed by atoms with Gasteiger partial charge in [0, 0.05) is 11.9 Å². The Morgan fingerprint density at radius 1 is 1.14 bits per heavy atom. The van der Waals surface area contributed by atoms with Crippen LogP contribution in [0.15, 0.2) is 42.6 Å². The maximum Gasteiger partial charge on any atom is 0.274 e. The van der Waals surface area contributed by atoms with Crippen LogP contribution < -0.4 is 5.32 Å². The smallest absolute Gasteiger partial charge is 0.274 e. The summed E-state index contributed by atoms with van der Waals surface area (Å²) in [5.41, 5.74) is 5.21. The molecule has 1 aromatic carbocycles. The maximum absolute atomic E-state index is 12.8. The van der Waals surface area contributed by atoms with Crippen molar-refractivity contribution in [2.45, 2.75) is 27.2 Å². The van der Waals surface area contributed by atoms with E-state index in [1.807, 2.05) is 67.8 Å². The standard InChI is InChI=1S/C18H19N3O/c1-4-14-16(21-11-7-9-13(3)17(21)19-14)18(22)20-15-10-6-5-8-12(15)2/h5-11H,4H2,1-3H3,(H,20,22). The number of aryl methyl sites for hydroxylation is 3. The van der Waals surface area contributed by atoms with Gasteiger partial charge in [0.2, 0.25) is 0 Å². The molecule has 4 heteroatoms. The number of nitrogens with zero attached hydrogens (tertiary/aromatic N) is 2. The molecule has 0 spiro atoms. The summed E-state index contributed by atoms with van der Waals surface area (Å²) in [4.78, 5) is 17.4. The van der Waals surface area contributed by atoms with E-state index < -0.39 is 0 Å². The fourth-order valence-corrected chi connectivity index (χ4v) is 2.63. The van der Waals surface area contributed by atoms with Crippen molar-refractivity contribution in [2.75, 3.05) is 5.32 Å². The summed E-state index contributed by atoms with van der Waals surface area (Å²) in [6.45, 7) is 6.00. The van der Waals surface area contributed by atoms with E-state index in [-0.39, 0.29) is 5.91 Å². The molecule has 0 atom stereocenters. The Balaban J connectivity index is 2.07. The van der Waals surface area contributed by atoms with Crippen molar-refractivity contribution in [2.24, 2.45) is 0 Å². The number of nitrogens with one attached hydrogen (secondary N) is 1. The minimum Gasteiger partial charge on any atom is -0.320 e. The molecule has 2 aromatic heterocycles. The summed E-state index contributed by atoms with van der Waals surface area (Å²) in [6.07, 6.45) is 2.61. The van der Waals surface area contributed by atoms with Crippen molar-refractivity contribution >= 4 is 17.2 Å². The van der Waals surface area contributed by atoms with Crippen molar-refractivity contribution in [3.63, 3.8) is 0 Å². The normalized spacial score (nSPS) is 10.9. The van der Waals surface area contributed by atoms with Crippen LogP contribution in [0.2, 0.25) is 0 Å². The summed E-state index contributed by atoms with van der Waals surface area (Å²) in [6, 6.07) is 11.7. The second-order valence-electron chi connectivity index (χ2n) is 5.41. The highest BCUT2D eigenvalue weighted by Gasteiger charge is 2.19. The van der Waals surface area contributed by atoms with E-state index in [4.69, 9.17) is 0 Å². The van der Waals surface area contributed by atoms with Gasteiger partial charge in [-0.2, -0.15) is 0 Å². The second kappa shape index (κ2) is 5.64. The maximum atomic E-state index is 12.8. The molecule has 2 heterocycles. The van der Waals surface area contributed by atoms with E-state index in [1.165, 1.54) is 0 Å². The summed E-state index contributed by atoms with van der Waals surface area (Å²) in [5.74, 6) is -0.121. The summed E-state index contributed by atoms with van der Waals surface area (Å²) < 4.78 is 1.88. The molecule has 0 aliphatic carbocycles. The van der Waals surface area contributed by atoms with E-state index in [0.717, 1.165) is 34.6 Å². The number of hydrogen-bond acceptors (Lipinski definition) is 2. The lowest BCUT2D eigenvalue weighted by Crippen LogP contribution is -2.16. The lowest BCUT2D eigenvalue weighted by Gasteiger charge is -2.09. The van der Waals surface area contributed by atoms with Gasteiger partial charge in [-0.1, -0.05) is 31.2 Å².